The number of pyridine rings is 1. The van der Waals surface area contributed by atoms with Gasteiger partial charge in [0, 0.05) is 10.7 Å². The summed E-state index contributed by atoms with van der Waals surface area (Å²) in [7, 11) is 0. The van der Waals surface area contributed by atoms with Gasteiger partial charge in [-0.15, -0.1) is 0 Å². The van der Waals surface area contributed by atoms with Crippen LogP contribution in [0.3, 0.4) is 0 Å². The maximum absolute atomic E-state index is 13.7. The van der Waals surface area contributed by atoms with Gasteiger partial charge in [0.15, 0.2) is 11.6 Å². The van der Waals surface area contributed by atoms with Crippen LogP contribution in [0.15, 0.2) is 34.9 Å². The minimum Gasteiger partial charge on any atom is -0.434 e. The van der Waals surface area contributed by atoms with Gasteiger partial charge in [-0.1, -0.05) is 23.7 Å². The largest absolute Gasteiger partial charge is 0.434 e. The second kappa shape index (κ2) is 5.02. The van der Waals surface area contributed by atoms with Gasteiger partial charge in [0.05, 0.1) is 0 Å². The molecular weight excluding hydrogens is 308 g/mol. The standard InChI is InChI=1S/C12H8BrClFNO/c1-7-3-2-4-10(11(7)15)17-12-9(14)5-8(13)6-16-12/h2-6H,1H3. The molecule has 2 rings (SSSR count). The SMILES string of the molecule is Cc1cccc(Oc2ncc(Br)cc2Cl)c1F. The van der Waals surface area contributed by atoms with Gasteiger partial charge in [-0.05, 0) is 40.5 Å². The summed E-state index contributed by atoms with van der Waals surface area (Å²) in [5.41, 5.74) is 0.510. The maximum Gasteiger partial charge on any atom is 0.238 e. The van der Waals surface area contributed by atoms with Crippen molar-refractivity contribution in [3.05, 3.63) is 51.3 Å². The molecule has 88 valence electrons. The van der Waals surface area contributed by atoms with E-state index in [0.29, 0.717) is 10.6 Å². The summed E-state index contributed by atoms with van der Waals surface area (Å²) in [6.07, 6.45) is 1.54. The van der Waals surface area contributed by atoms with E-state index in [1.54, 1.807) is 25.1 Å². The highest BCUT2D eigenvalue weighted by Crippen LogP contribution is 2.31. The Labute approximate surface area is 112 Å². The van der Waals surface area contributed by atoms with Crippen LogP contribution in [-0.4, -0.2) is 4.98 Å². The molecule has 0 saturated heterocycles. The monoisotopic (exact) mass is 315 g/mol. The topological polar surface area (TPSA) is 22.1 Å². The van der Waals surface area contributed by atoms with Gasteiger partial charge in [0.2, 0.25) is 5.88 Å². The van der Waals surface area contributed by atoms with Crippen molar-refractivity contribution in [2.75, 3.05) is 0 Å². The Bertz CT molecular complexity index is 562. The van der Waals surface area contributed by atoms with Gasteiger partial charge in [-0.25, -0.2) is 9.37 Å². The molecule has 2 aromatic rings. The average Bonchev–Trinajstić information content (AvgIpc) is 2.28. The molecule has 5 heteroatoms. The molecule has 0 amide bonds. The molecule has 0 radical (unpaired) electrons. The normalized spacial score (nSPS) is 10.4. The predicted molar refractivity (Wildman–Crippen MR) is 68.2 cm³/mol. The third kappa shape index (κ3) is 2.76. The summed E-state index contributed by atoms with van der Waals surface area (Å²) < 4.78 is 19.8. The molecule has 1 heterocycles. The van der Waals surface area contributed by atoms with E-state index in [1.165, 1.54) is 12.3 Å². The smallest absolute Gasteiger partial charge is 0.238 e. The summed E-state index contributed by atoms with van der Waals surface area (Å²) in [5, 5.41) is 0.320. The summed E-state index contributed by atoms with van der Waals surface area (Å²) in [6.45, 7) is 1.67. The summed E-state index contributed by atoms with van der Waals surface area (Å²) in [4.78, 5) is 3.98. The molecular formula is C12H8BrClFNO. The molecule has 0 atom stereocenters. The number of hydrogen-bond acceptors (Lipinski definition) is 2. The fraction of sp³-hybridized carbons (Fsp3) is 0.0833. The molecule has 1 aromatic carbocycles. The fourth-order valence-electron chi connectivity index (χ4n) is 1.28. The van der Waals surface area contributed by atoms with Gasteiger partial charge in [-0.2, -0.15) is 0 Å². The van der Waals surface area contributed by atoms with Crippen LogP contribution >= 0.6 is 27.5 Å². The number of halogens is 3. The Morgan fingerprint density at radius 2 is 2.18 bits per heavy atom. The molecule has 0 unspecified atom stereocenters. The van der Waals surface area contributed by atoms with E-state index in [9.17, 15) is 4.39 Å². The number of aryl methyl sites for hydroxylation is 1. The van der Waals surface area contributed by atoms with Crippen LogP contribution in [0, 0.1) is 12.7 Å². The van der Waals surface area contributed by atoms with Crippen molar-refractivity contribution in [2.24, 2.45) is 0 Å². The Hall–Kier alpha value is -1.13. The number of hydrogen-bond donors (Lipinski definition) is 0. The summed E-state index contributed by atoms with van der Waals surface area (Å²) >= 11 is 9.16. The van der Waals surface area contributed by atoms with E-state index in [1.807, 2.05) is 0 Å². The molecule has 0 aliphatic carbocycles. The highest BCUT2D eigenvalue weighted by molar-refractivity contribution is 9.10. The van der Waals surface area contributed by atoms with Gasteiger partial charge in [0.1, 0.15) is 5.02 Å². The number of benzene rings is 1. The zero-order valence-corrected chi connectivity index (χ0v) is 11.2. The molecule has 2 nitrogen and oxygen atoms in total. The average molecular weight is 317 g/mol. The molecule has 0 spiro atoms. The number of rotatable bonds is 2. The molecule has 0 aliphatic rings. The molecule has 0 N–H and O–H groups in total. The number of aromatic nitrogens is 1. The summed E-state index contributed by atoms with van der Waals surface area (Å²) in [5.74, 6) is -0.116. The lowest BCUT2D eigenvalue weighted by molar-refractivity contribution is 0.425. The second-order valence-electron chi connectivity index (χ2n) is 3.43. The van der Waals surface area contributed by atoms with Gasteiger partial charge < -0.3 is 4.74 Å². The molecule has 0 bridgehead atoms. The van der Waals surface area contributed by atoms with Crippen molar-refractivity contribution in [1.82, 2.24) is 4.98 Å². The number of nitrogens with zero attached hydrogens (tertiary/aromatic N) is 1. The highest BCUT2D eigenvalue weighted by atomic mass is 79.9. The minimum atomic E-state index is -0.409. The molecule has 0 saturated carbocycles. The zero-order chi connectivity index (χ0) is 12.4. The van der Waals surface area contributed by atoms with E-state index in [4.69, 9.17) is 16.3 Å². The first kappa shape index (κ1) is 12.3. The van der Waals surface area contributed by atoms with Gasteiger partial charge in [0.25, 0.3) is 0 Å². The highest BCUT2D eigenvalue weighted by Gasteiger charge is 2.10. The van der Waals surface area contributed by atoms with E-state index >= 15 is 0 Å². The summed E-state index contributed by atoms with van der Waals surface area (Å²) in [6, 6.07) is 6.54. The first-order chi connectivity index (χ1) is 8.08. The van der Waals surface area contributed by atoms with Crippen molar-refractivity contribution in [3.8, 4) is 11.6 Å². The lowest BCUT2D eigenvalue weighted by Gasteiger charge is -2.08. The Balaban J connectivity index is 2.35. The van der Waals surface area contributed by atoms with Crippen LogP contribution in [-0.2, 0) is 0 Å². The van der Waals surface area contributed by atoms with Crippen LogP contribution < -0.4 is 4.74 Å². The van der Waals surface area contributed by atoms with Gasteiger partial charge >= 0.3 is 0 Å². The van der Waals surface area contributed by atoms with Crippen LogP contribution in [0.4, 0.5) is 4.39 Å². The first-order valence-electron chi connectivity index (χ1n) is 4.82. The van der Waals surface area contributed by atoms with Crippen molar-refractivity contribution in [3.63, 3.8) is 0 Å². The van der Waals surface area contributed by atoms with Crippen molar-refractivity contribution in [2.45, 2.75) is 6.92 Å². The molecule has 0 fully saturated rings. The minimum absolute atomic E-state index is 0.113. The van der Waals surface area contributed by atoms with Crippen molar-refractivity contribution in [1.29, 1.82) is 0 Å². The maximum atomic E-state index is 13.7. The van der Waals surface area contributed by atoms with Crippen molar-refractivity contribution < 1.29 is 9.13 Å². The quantitative estimate of drug-likeness (QED) is 0.798. The molecule has 1 aromatic heterocycles. The Morgan fingerprint density at radius 3 is 2.88 bits per heavy atom. The van der Waals surface area contributed by atoms with E-state index in [0.717, 1.165) is 4.47 Å². The Kier molecular flexibility index (Phi) is 3.64. The van der Waals surface area contributed by atoms with E-state index in [2.05, 4.69) is 20.9 Å². The van der Waals surface area contributed by atoms with Crippen molar-refractivity contribution >= 4 is 27.5 Å². The van der Waals surface area contributed by atoms with Crippen LogP contribution in [0.1, 0.15) is 5.56 Å². The fourth-order valence-corrected chi connectivity index (χ4v) is 1.95. The van der Waals surface area contributed by atoms with Crippen LogP contribution in [0.25, 0.3) is 0 Å². The molecule has 17 heavy (non-hydrogen) atoms. The first-order valence-corrected chi connectivity index (χ1v) is 5.99. The lowest BCUT2D eigenvalue weighted by Crippen LogP contribution is -1.93. The Morgan fingerprint density at radius 1 is 1.41 bits per heavy atom. The van der Waals surface area contributed by atoms with Gasteiger partial charge in [-0.3, -0.25) is 0 Å². The van der Waals surface area contributed by atoms with E-state index < -0.39 is 5.82 Å². The lowest BCUT2D eigenvalue weighted by atomic mass is 10.2. The zero-order valence-electron chi connectivity index (χ0n) is 8.88. The number of ether oxygens (including phenoxy) is 1. The van der Waals surface area contributed by atoms with Crippen LogP contribution in [0.2, 0.25) is 5.02 Å². The predicted octanol–water partition coefficient (Wildman–Crippen LogP) is 4.74. The molecule has 0 aliphatic heterocycles. The van der Waals surface area contributed by atoms with E-state index in [-0.39, 0.29) is 11.6 Å². The second-order valence-corrected chi connectivity index (χ2v) is 4.75. The van der Waals surface area contributed by atoms with Crippen LogP contribution in [0.5, 0.6) is 11.6 Å². The third-order valence-corrected chi connectivity index (χ3v) is 2.84. The third-order valence-electron chi connectivity index (χ3n) is 2.14.